The van der Waals surface area contributed by atoms with Crippen LogP contribution >= 0.6 is 12.2 Å². The van der Waals surface area contributed by atoms with Gasteiger partial charge in [0.15, 0.2) is 6.34 Å². The molecule has 0 amide bonds. The normalized spacial score (nSPS) is 16.9. The zero-order valence-corrected chi connectivity index (χ0v) is 7.94. The van der Waals surface area contributed by atoms with Crippen molar-refractivity contribution in [3.63, 3.8) is 0 Å². The first kappa shape index (κ1) is 10.3. The van der Waals surface area contributed by atoms with Crippen molar-refractivity contribution in [2.45, 2.75) is 0 Å². The molecule has 0 radical (unpaired) electrons. The minimum absolute atomic E-state index is 0.110. The maximum absolute atomic E-state index is 10.9. The number of hydrogen-bond acceptors (Lipinski definition) is 6. The molecule has 0 bridgehead atoms. The van der Waals surface area contributed by atoms with Crippen molar-refractivity contribution in [3.05, 3.63) is 12.7 Å². The van der Waals surface area contributed by atoms with Crippen LogP contribution in [-0.4, -0.2) is 34.3 Å². The van der Waals surface area contributed by atoms with Crippen molar-refractivity contribution in [2.75, 3.05) is 6.54 Å². The molecule has 2 N–H and O–H groups in total. The molecule has 1 fully saturated rings. The van der Waals surface area contributed by atoms with Crippen LogP contribution in [0.15, 0.2) is 17.8 Å². The molecule has 0 atom stereocenters. The molecule has 0 aromatic heterocycles. The first-order valence-corrected chi connectivity index (χ1v) is 3.94. The van der Waals surface area contributed by atoms with Crippen molar-refractivity contribution in [1.29, 1.82) is 0 Å². The van der Waals surface area contributed by atoms with Crippen LogP contribution in [0.1, 0.15) is 0 Å². The van der Waals surface area contributed by atoms with Crippen LogP contribution < -0.4 is 5.84 Å². The summed E-state index contributed by atoms with van der Waals surface area (Å²) in [7, 11) is 0. The second-order valence-electron chi connectivity index (χ2n) is 2.16. The maximum atomic E-state index is 10.9. The minimum Gasteiger partial charge on any atom is -0.322 e. The highest BCUT2D eigenvalue weighted by Crippen LogP contribution is 2.09. The fourth-order valence-electron chi connectivity index (χ4n) is 0.741. The van der Waals surface area contributed by atoms with Gasteiger partial charge in [0.2, 0.25) is 5.11 Å². The lowest BCUT2D eigenvalue weighted by Crippen LogP contribution is -2.50. The summed E-state index contributed by atoms with van der Waals surface area (Å²) in [5, 5.41) is 5.32. The van der Waals surface area contributed by atoms with Gasteiger partial charge in [-0.2, -0.15) is 15.0 Å². The molecule has 0 aromatic rings. The maximum Gasteiger partial charge on any atom is 0.559 e. The van der Waals surface area contributed by atoms with Crippen LogP contribution in [-0.2, 0) is 9.68 Å². The first-order chi connectivity index (χ1) is 6.69. The van der Waals surface area contributed by atoms with Crippen LogP contribution in [0, 0.1) is 0 Å². The summed E-state index contributed by atoms with van der Waals surface area (Å²) in [5.41, 5.74) is 0. The average molecular weight is 216 g/mol. The van der Waals surface area contributed by atoms with Crippen LogP contribution in [0.2, 0.25) is 0 Å². The highest BCUT2D eigenvalue weighted by molar-refractivity contribution is 7.80. The molecular formula is C6H8N4O3S. The highest BCUT2D eigenvalue weighted by Gasteiger charge is 2.29. The smallest absolute Gasteiger partial charge is 0.322 e. The molecule has 0 aliphatic carbocycles. The number of nitrogens with zero attached hydrogens (tertiary/aromatic N) is 3. The van der Waals surface area contributed by atoms with Gasteiger partial charge < -0.3 is 10.7 Å². The summed E-state index contributed by atoms with van der Waals surface area (Å²) in [6, 6.07) is 0. The number of nitrogens with two attached hydrogens (primary N) is 1. The van der Waals surface area contributed by atoms with E-state index in [1.807, 2.05) is 0 Å². The zero-order valence-electron chi connectivity index (χ0n) is 7.12. The van der Waals surface area contributed by atoms with E-state index in [0.29, 0.717) is 0 Å². The summed E-state index contributed by atoms with van der Waals surface area (Å²) >= 11 is 4.89. The fraction of sp³-hybridized carbons (Fsp3) is 0.167. The Morgan fingerprint density at radius 2 is 2.36 bits per heavy atom. The minimum atomic E-state index is -0.916. The third kappa shape index (κ3) is 2.10. The average Bonchev–Trinajstić information content (AvgIpc) is 2.14. The Kier molecular flexibility index (Phi) is 3.24. The number of thiocarbonyl (C=S) groups is 1. The predicted octanol–water partition coefficient (Wildman–Crippen LogP) is -0.0399. The molecule has 1 saturated heterocycles. The molecule has 0 unspecified atom stereocenters. The van der Waals surface area contributed by atoms with Gasteiger partial charge in [-0.1, -0.05) is 6.08 Å². The molecule has 1 rings (SSSR count). The highest BCUT2D eigenvalue weighted by atomic mass is 32.1. The number of carbonyl (C=O) groups excluding carboxylic acids is 1. The summed E-state index contributed by atoms with van der Waals surface area (Å²) in [6.07, 6.45) is 1.65. The molecule has 1 heterocycles. The van der Waals surface area contributed by atoms with E-state index in [1.54, 1.807) is 0 Å². The standard InChI is InChI=1S/C6H8N4O3S/c1-2-3-9-5(14)10(4-8-7)13-6(11)12-9/h2,4H,1,3,7H2/b8-4+. The monoisotopic (exact) mass is 216 g/mol. The Labute approximate surface area is 85.2 Å². The lowest BCUT2D eigenvalue weighted by molar-refractivity contribution is -0.154. The van der Waals surface area contributed by atoms with Gasteiger partial charge in [0.1, 0.15) is 0 Å². The summed E-state index contributed by atoms with van der Waals surface area (Å²) in [5.74, 6) is 4.88. The molecule has 0 aromatic carbocycles. The quantitative estimate of drug-likeness (QED) is 0.177. The van der Waals surface area contributed by atoms with Gasteiger partial charge in [-0.15, -0.1) is 11.6 Å². The van der Waals surface area contributed by atoms with E-state index in [4.69, 9.17) is 18.1 Å². The Morgan fingerprint density at radius 3 is 2.93 bits per heavy atom. The zero-order chi connectivity index (χ0) is 10.6. The van der Waals surface area contributed by atoms with Gasteiger partial charge in [0.05, 0.1) is 6.54 Å². The van der Waals surface area contributed by atoms with Crippen LogP contribution in [0.5, 0.6) is 0 Å². The van der Waals surface area contributed by atoms with Gasteiger partial charge in [0.25, 0.3) is 0 Å². The number of hydrazone groups is 1. The SMILES string of the molecule is C=CCN1OC(=O)ON(/C=N/N)C1=S. The van der Waals surface area contributed by atoms with E-state index in [-0.39, 0.29) is 11.7 Å². The Hall–Kier alpha value is -1.83. The number of hydrogen-bond donors (Lipinski definition) is 1. The fourth-order valence-corrected chi connectivity index (χ4v) is 0.937. The largest absolute Gasteiger partial charge is 0.559 e. The van der Waals surface area contributed by atoms with Crippen molar-refractivity contribution >= 4 is 29.8 Å². The van der Waals surface area contributed by atoms with E-state index in [1.165, 1.54) is 6.08 Å². The van der Waals surface area contributed by atoms with Crippen molar-refractivity contribution in [1.82, 2.24) is 10.1 Å². The second-order valence-corrected chi connectivity index (χ2v) is 2.52. The van der Waals surface area contributed by atoms with Gasteiger partial charge in [0, 0.05) is 0 Å². The Morgan fingerprint density at radius 1 is 1.64 bits per heavy atom. The lowest BCUT2D eigenvalue weighted by atomic mass is 10.6. The van der Waals surface area contributed by atoms with Gasteiger partial charge >= 0.3 is 6.16 Å². The third-order valence-corrected chi connectivity index (χ3v) is 1.61. The summed E-state index contributed by atoms with van der Waals surface area (Å²) in [6.45, 7) is 3.73. The number of rotatable bonds is 3. The number of hydroxylamine groups is 4. The Balaban J connectivity index is 2.75. The van der Waals surface area contributed by atoms with Crippen molar-refractivity contribution in [3.8, 4) is 0 Å². The second kappa shape index (κ2) is 4.42. The molecule has 1 aliphatic rings. The Bertz CT molecular complexity index is 293. The summed E-state index contributed by atoms with van der Waals surface area (Å²) < 4.78 is 0. The third-order valence-electron chi connectivity index (χ3n) is 1.23. The predicted molar refractivity (Wildman–Crippen MR) is 51.6 cm³/mol. The molecule has 1 aliphatic heterocycles. The van der Waals surface area contributed by atoms with Gasteiger partial charge in [-0.05, 0) is 12.2 Å². The van der Waals surface area contributed by atoms with E-state index >= 15 is 0 Å². The van der Waals surface area contributed by atoms with Crippen LogP contribution in [0.25, 0.3) is 0 Å². The van der Waals surface area contributed by atoms with Crippen LogP contribution in [0.3, 0.4) is 0 Å². The topological polar surface area (TPSA) is 80.4 Å². The molecule has 76 valence electrons. The van der Waals surface area contributed by atoms with Gasteiger partial charge in [-0.25, -0.2) is 0 Å². The van der Waals surface area contributed by atoms with E-state index in [2.05, 4.69) is 21.4 Å². The van der Waals surface area contributed by atoms with Gasteiger partial charge in [-0.3, -0.25) is 4.84 Å². The van der Waals surface area contributed by atoms with Crippen LogP contribution in [0.4, 0.5) is 4.79 Å². The molecule has 8 heteroatoms. The van der Waals surface area contributed by atoms with E-state index in [9.17, 15) is 4.79 Å². The molecule has 0 spiro atoms. The van der Waals surface area contributed by atoms with Crippen molar-refractivity contribution in [2.24, 2.45) is 10.9 Å². The molecule has 0 saturated carbocycles. The first-order valence-electron chi connectivity index (χ1n) is 3.54. The van der Waals surface area contributed by atoms with Crippen molar-refractivity contribution < 1.29 is 14.5 Å². The molecule has 7 nitrogen and oxygen atoms in total. The number of carbonyl (C=O) groups is 1. The van der Waals surface area contributed by atoms with E-state index < -0.39 is 6.16 Å². The lowest BCUT2D eigenvalue weighted by Gasteiger charge is -2.31. The summed E-state index contributed by atoms with van der Waals surface area (Å²) in [4.78, 5) is 20.0. The molecular weight excluding hydrogens is 208 g/mol. The van der Waals surface area contributed by atoms with E-state index in [0.717, 1.165) is 16.5 Å². The molecule has 14 heavy (non-hydrogen) atoms.